The van der Waals surface area contributed by atoms with Gasteiger partial charge in [-0.05, 0) is 42.8 Å². The number of carbonyl (C=O) groups is 1. The van der Waals surface area contributed by atoms with Crippen molar-refractivity contribution in [2.24, 2.45) is 0 Å². The maximum atomic E-state index is 13.2. The van der Waals surface area contributed by atoms with Gasteiger partial charge in [0.2, 0.25) is 0 Å². The summed E-state index contributed by atoms with van der Waals surface area (Å²) in [5.41, 5.74) is 2.20. The number of nitrogens with one attached hydrogen (secondary N) is 1. The SMILES string of the molecule is Cc1ccc2nc(NC(=O)c3ccn(COc4ccc(F)c(Cl)c4)n3)sc2c1. The summed E-state index contributed by atoms with van der Waals surface area (Å²) in [4.78, 5) is 16.8. The summed E-state index contributed by atoms with van der Waals surface area (Å²) in [7, 11) is 0. The highest BCUT2D eigenvalue weighted by molar-refractivity contribution is 7.22. The molecule has 2 heterocycles. The first-order chi connectivity index (χ1) is 13.5. The molecule has 0 aliphatic rings. The zero-order valence-corrected chi connectivity index (χ0v) is 16.2. The summed E-state index contributed by atoms with van der Waals surface area (Å²) in [5.74, 6) is -0.478. The topological polar surface area (TPSA) is 69.0 Å². The second-order valence-electron chi connectivity index (χ2n) is 6.03. The Balaban J connectivity index is 1.41. The number of ether oxygens (including phenoxy) is 1. The summed E-state index contributed by atoms with van der Waals surface area (Å²) >= 11 is 7.13. The van der Waals surface area contributed by atoms with Gasteiger partial charge in [-0.3, -0.25) is 10.1 Å². The molecule has 0 fully saturated rings. The number of hydrogen-bond acceptors (Lipinski definition) is 5. The van der Waals surface area contributed by atoms with E-state index in [9.17, 15) is 9.18 Å². The van der Waals surface area contributed by atoms with Crippen LogP contribution in [-0.4, -0.2) is 20.7 Å². The molecule has 4 aromatic rings. The lowest BCUT2D eigenvalue weighted by molar-refractivity contribution is 0.102. The second-order valence-corrected chi connectivity index (χ2v) is 7.47. The lowest BCUT2D eigenvalue weighted by Gasteiger charge is -2.06. The summed E-state index contributed by atoms with van der Waals surface area (Å²) in [5, 5.41) is 7.43. The standard InChI is InChI=1S/C19H14ClFN4O2S/c1-11-2-5-15-17(8-11)28-19(22-15)23-18(26)16-6-7-25(24-16)10-27-12-3-4-14(21)13(20)9-12/h2-9H,10H2,1H3,(H,22,23,26). The number of benzene rings is 2. The quantitative estimate of drug-likeness (QED) is 0.503. The Labute approximate surface area is 168 Å². The van der Waals surface area contributed by atoms with E-state index in [1.54, 1.807) is 12.3 Å². The van der Waals surface area contributed by atoms with Crippen LogP contribution in [-0.2, 0) is 6.73 Å². The predicted octanol–water partition coefficient (Wildman–Crippen LogP) is 4.88. The highest BCUT2D eigenvalue weighted by atomic mass is 35.5. The van der Waals surface area contributed by atoms with Crippen molar-refractivity contribution in [2.45, 2.75) is 13.7 Å². The van der Waals surface area contributed by atoms with Crippen molar-refractivity contribution in [1.82, 2.24) is 14.8 Å². The molecule has 0 atom stereocenters. The number of aromatic nitrogens is 3. The number of fused-ring (bicyclic) bond motifs is 1. The number of anilines is 1. The van der Waals surface area contributed by atoms with E-state index in [0.29, 0.717) is 10.9 Å². The van der Waals surface area contributed by atoms with Crippen molar-refractivity contribution in [3.63, 3.8) is 0 Å². The van der Waals surface area contributed by atoms with E-state index in [4.69, 9.17) is 16.3 Å². The molecule has 0 spiro atoms. The van der Waals surface area contributed by atoms with E-state index in [1.807, 2.05) is 25.1 Å². The predicted molar refractivity (Wildman–Crippen MR) is 107 cm³/mol. The number of hydrogen-bond donors (Lipinski definition) is 1. The van der Waals surface area contributed by atoms with E-state index in [0.717, 1.165) is 15.8 Å². The molecule has 9 heteroatoms. The largest absolute Gasteiger partial charge is 0.471 e. The first kappa shape index (κ1) is 18.4. The third-order valence-corrected chi connectivity index (χ3v) is 5.12. The minimum atomic E-state index is -0.517. The van der Waals surface area contributed by atoms with Gasteiger partial charge in [0.15, 0.2) is 17.6 Å². The molecule has 2 aromatic carbocycles. The molecule has 0 aliphatic heterocycles. The molecule has 4 rings (SSSR count). The summed E-state index contributed by atoms with van der Waals surface area (Å²) < 4.78 is 21.1. The Morgan fingerprint density at radius 3 is 2.96 bits per heavy atom. The highest BCUT2D eigenvalue weighted by Gasteiger charge is 2.13. The van der Waals surface area contributed by atoms with Crippen LogP contribution in [0.1, 0.15) is 16.1 Å². The third kappa shape index (κ3) is 3.97. The van der Waals surface area contributed by atoms with Gasteiger partial charge < -0.3 is 4.74 Å². The Morgan fingerprint density at radius 2 is 2.14 bits per heavy atom. The van der Waals surface area contributed by atoms with Gasteiger partial charge in [-0.15, -0.1) is 0 Å². The van der Waals surface area contributed by atoms with Crippen LogP contribution < -0.4 is 10.1 Å². The van der Waals surface area contributed by atoms with Crippen molar-refractivity contribution in [3.8, 4) is 5.75 Å². The van der Waals surface area contributed by atoms with Gasteiger partial charge in [-0.1, -0.05) is 29.0 Å². The number of aryl methyl sites for hydroxylation is 1. The van der Waals surface area contributed by atoms with Crippen molar-refractivity contribution in [3.05, 3.63) is 70.8 Å². The third-order valence-electron chi connectivity index (χ3n) is 3.89. The van der Waals surface area contributed by atoms with E-state index in [1.165, 1.54) is 34.2 Å². The van der Waals surface area contributed by atoms with Crippen LogP contribution in [0.3, 0.4) is 0 Å². The van der Waals surface area contributed by atoms with Crippen molar-refractivity contribution in [2.75, 3.05) is 5.32 Å². The minimum absolute atomic E-state index is 0.0240. The Bertz CT molecular complexity index is 1170. The van der Waals surface area contributed by atoms with Gasteiger partial charge in [0.25, 0.3) is 5.91 Å². The van der Waals surface area contributed by atoms with E-state index < -0.39 is 5.82 Å². The number of halogens is 2. The maximum Gasteiger partial charge on any atom is 0.277 e. The fourth-order valence-corrected chi connectivity index (χ4v) is 3.64. The van der Waals surface area contributed by atoms with Gasteiger partial charge in [-0.2, -0.15) is 5.10 Å². The zero-order chi connectivity index (χ0) is 19.7. The first-order valence-electron chi connectivity index (χ1n) is 8.28. The van der Waals surface area contributed by atoms with E-state index in [-0.39, 0.29) is 23.4 Å². The fraction of sp³-hybridized carbons (Fsp3) is 0.105. The number of nitrogens with zero attached hydrogens (tertiary/aromatic N) is 3. The first-order valence-corrected chi connectivity index (χ1v) is 9.47. The maximum absolute atomic E-state index is 13.2. The summed E-state index contributed by atoms with van der Waals surface area (Å²) in [6, 6.07) is 11.6. The number of carbonyl (C=O) groups excluding carboxylic acids is 1. The summed E-state index contributed by atoms with van der Waals surface area (Å²) in [6.07, 6.45) is 1.61. The van der Waals surface area contributed by atoms with Crippen molar-refractivity contribution < 1.29 is 13.9 Å². The van der Waals surface area contributed by atoms with Crippen LogP contribution in [0.15, 0.2) is 48.7 Å². The highest BCUT2D eigenvalue weighted by Crippen LogP contribution is 2.27. The molecule has 1 amide bonds. The molecular formula is C19H14ClFN4O2S. The molecule has 2 aromatic heterocycles. The normalized spacial score (nSPS) is 11.0. The second kappa shape index (κ2) is 7.57. The fourth-order valence-electron chi connectivity index (χ4n) is 2.51. The molecule has 0 bridgehead atoms. The van der Waals surface area contributed by atoms with Crippen LogP contribution in [0, 0.1) is 12.7 Å². The molecule has 142 valence electrons. The van der Waals surface area contributed by atoms with E-state index >= 15 is 0 Å². The average molecular weight is 417 g/mol. The molecule has 0 radical (unpaired) electrons. The smallest absolute Gasteiger partial charge is 0.277 e. The molecule has 0 aliphatic carbocycles. The Kier molecular flexibility index (Phi) is 4.97. The molecule has 1 N–H and O–H groups in total. The Morgan fingerprint density at radius 1 is 1.29 bits per heavy atom. The van der Waals surface area contributed by atoms with E-state index in [2.05, 4.69) is 15.4 Å². The van der Waals surface area contributed by atoms with Crippen molar-refractivity contribution >= 4 is 44.2 Å². The average Bonchev–Trinajstić information content (AvgIpc) is 3.29. The monoisotopic (exact) mass is 416 g/mol. The van der Waals surface area contributed by atoms with Gasteiger partial charge in [0.05, 0.1) is 15.2 Å². The zero-order valence-electron chi connectivity index (χ0n) is 14.6. The Hall–Kier alpha value is -2.97. The van der Waals surface area contributed by atoms with Gasteiger partial charge in [0, 0.05) is 12.3 Å². The van der Waals surface area contributed by atoms with Crippen LogP contribution in [0.25, 0.3) is 10.2 Å². The van der Waals surface area contributed by atoms with Crippen LogP contribution in [0.5, 0.6) is 5.75 Å². The summed E-state index contributed by atoms with van der Waals surface area (Å²) in [6.45, 7) is 2.06. The molecule has 28 heavy (non-hydrogen) atoms. The number of amides is 1. The van der Waals surface area contributed by atoms with Crippen LogP contribution >= 0.6 is 22.9 Å². The molecule has 0 saturated carbocycles. The minimum Gasteiger partial charge on any atom is -0.471 e. The number of thiazole rings is 1. The lowest BCUT2D eigenvalue weighted by Crippen LogP contribution is -2.14. The van der Waals surface area contributed by atoms with Crippen LogP contribution in [0.4, 0.5) is 9.52 Å². The van der Waals surface area contributed by atoms with Gasteiger partial charge in [0.1, 0.15) is 11.6 Å². The van der Waals surface area contributed by atoms with Crippen LogP contribution in [0.2, 0.25) is 5.02 Å². The molecule has 0 saturated heterocycles. The van der Waals surface area contributed by atoms with Gasteiger partial charge in [-0.25, -0.2) is 14.1 Å². The molecule has 0 unspecified atom stereocenters. The number of rotatable bonds is 5. The molecular weight excluding hydrogens is 403 g/mol. The van der Waals surface area contributed by atoms with Crippen molar-refractivity contribution in [1.29, 1.82) is 0 Å². The lowest BCUT2D eigenvalue weighted by atomic mass is 10.2. The van der Waals surface area contributed by atoms with Gasteiger partial charge >= 0.3 is 0 Å². The molecule has 6 nitrogen and oxygen atoms in total.